The van der Waals surface area contributed by atoms with Crippen molar-refractivity contribution in [2.24, 2.45) is 0 Å². The number of hydrogen-bond donors (Lipinski definition) is 2. The molecule has 0 spiro atoms. The van der Waals surface area contributed by atoms with E-state index in [4.69, 9.17) is 11.6 Å². The number of amides is 1. The second-order valence-electron chi connectivity index (χ2n) is 4.95. The fourth-order valence-electron chi connectivity index (χ4n) is 2.27. The van der Waals surface area contributed by atoms with E-state index in [2.05, 4.69) is 20.6 Å². The maximum atomic E-state index is 11.2. The van der Waals surface area contributed by atoms with Gasteiger partial charge in [0.25, 0.3) is 0 Å². The number of carbonyl (C=O) groups is 1. The fraction of sp³-hybridized carbons (Fsp3) is 0.267. The van der Waals surface area contributed by atoms with E-state index in [1.54, 1.807) is 6.07 Å². The maximum Gasteiger partial charge on any atom is 0.220 e. The fourth-order valence-corrected chi connectivity index (χ4v) is 2.46. The van der Waals surface area contributed by atoms with Gasteiger partial charge in [-0.2, -0.15) is 0 Å². The number of rotatable bonds is 3. The lowest BCUT2D eigenvalue weighted by atomic mass is 10.1. The third-order valence-corrected chi connectivity index (χ3v) is 3.54. The molecule has 0 aliphatic carbocycles. The van der Waals surface area contributed by atoms with Crippen LogP contribution in [0.4, 0.5) is 5.82 Å². The number of nitrogens with zero attached hydrogens (tertiary/aromatic N) is 2. The van der Waals surface area contributed by atoms with E-state index in [1.165, 1.54) is 0 Å². The Bertz CT molecular complexity index is 637. The van der Waals surface area contributed by atoms with Crippen molar-refractivity contribution in [3.8, 4) is 11.4 Å². The summed E-state index contributed by atoms with van der Waals surface area (Å²) in [5.41, 5.74) is 0.917. The van der Waals surface area contributed by atoms with Gasteiger partial charge < -0.3 is 10.6 Å². The number of nitrogens with one attached hydrogen (secondary N) is 2. The van der Waals surface area contributed by atoms with Crippen LogP contribution < -0.4 is 10.6 Å². The molecule has 108 valence electrons. The van der Waals surface area contributed by atoms with Crippen LogP contribution in [0.2, 0.25) is 5.15 Å². The third kappa shape index (κ3) is 3.49. The summed E-state index contributed by atoms with van der Waals surface area (Å²) in [5, 5.41) is 6.53. The molecule has 1 atom stereocenters. The molecule has 0 saturated carbocycles. The van der Waals surface area contributed by atoms with E-state index in [-0.39, 0.29) is 11.9 Å². The van der Waals surface area contributed by atoms with Gasteiger partial charge >= 0.3 is 0 Å². The zero-order valence-electron chi connectivity index (χ0n) is 11.3. The Balaban J connectivity index is 1.80. The number of halogens is 1. The number of carbonyl (C=O) groups excluding carboxylic acids is 1. The minimum atomic E-state index is 0.0961. The van der Waals surface area contributed by atoms with Gasteiger partial charge in [-0.05, 0) is 6.42 Å². The summed E-state index contributed by atoms with van der Waals surface area (Å²) in [4.78, 5) is 19.9. The van der Waals surface area contributed by atoms with Gasteiger partial charge in [0, 0.05) is 30.6 Å². The minimum Gasteiger partial charge on any atom is -0.365 e. The van der Waals surface area contributed by atoms with Crippen molar-refractivity contribution in [1.29, 1.82) is 0 Å². The van der Waals surface area contributed by atoms with Crippen molar-refractivity contribution < 1.29 is 4.79 Å². The molecule has 1 aliphatic rings. The summed E-state index contributed by atoms with van der Waals surface area (Å²) >= 11 is 6.08. The van der Waals surface area contributed by atoms with Gasteiger partial charge in [-0.1, -0.05) is 41.9 Å². The lowest BCUT2D eigenvalue weighted by Crippen LogP contribution is -2.42. The topological polar surface area (TPSA) is 66.9 Å². The van der Waals surface area contributed by atoms with Gasteiger partial charge in [0.15, 0.2) is 5.82 Å². The Morgan fingerprint density at radius 1 is 1.24 bits per heavy atom. The second kappa shape index (κ2) is 6.10. The molecule has 5 nitrogen and oxygen atoms in total. The molecule has 2 heterocycles. The number of benzene rings is 1. The molecule has 2 N–H and O–H groups in total. The molecule has 2 aromatic rings. The van der Waals surface area contributed by atoms with Gasteiger partial charge in [-0.3, -0.25) is 4.79 Å². The third-order valence-electron chi connectivity index (χ3n) is 3.34. The van der Waals surface area contributed by atoms with E-state index in [9.17, 15) is 4.79 Å². The van der Waals surface area contributed by atoms with Crippen LogP contribution in [0.1, 0.15) is 12.8 Å². The Labute approximate surface area is 127 Å². The quantitative estimate of drug-likeness (QED) is 0.855. The smallest absolute Gasteiger partial charge is 0.220 e. The Hall–Kier alpha value is -2.14. The largest absolute Gasteiger partial charge is 0.365 e. The van der Waals surface area contributed by atoms with Crippen LogP contribution in [0.5, 0.6) is 0 Å². The average Bonchev–Trinajstić information content (AvgIpc) is 2.50. The van der Waals surface area contributed by atoms with Gasteiger partial charge in [-0.25, -0.2) is 9.97 Å². The molecule has 1 aromatic heterocycles. The van der Waals surface area contributed by atoms with Crippen LogP contribution in [0.3, 0.4) is 0 Å². The van der Waals surface area contributed by atoms with Crippen LogP contribution in [0.15, 0.2) is 36.4 Å². The SMILES string of the molecule is O=C1CCC(Nc2cc(Cl)nc(-c3ccccc3)n2)CN1. The predicted octanol–water partition coefficient (Wildman–Crippen LogP) is 2.49. The van der Waals surface area contributed by atoms with Crippen molar-refractivity contribution in [1.82, 2.24) is 15.3 Å². The first-order valence-corrected chi connectivity index (χ1v) is 7.22. The Morgan fingerprint density at radius 2 is 2.05 bits per heavy atom. The first kappa shape index (κ1) is 13.8. The molecule has 3 rings (SSSR count). The van der Waals surface area contributed by atoms with Crippen molar-refractivity contribution in [3.63, 3.8) is 0 Å². The minimum absolute atomic E-state index is 0.0961. The number of anilines is 1. The summed E-state index contributed by atoms with van der Waals surface area (Å²) in [6.45, 7) is 0.598. The van der Waals surface area contributed by atoms with Crippen LogP contribution >= 0.6 is 11.6 Å². The van der Waals surface area contributed by atoms with Gasteiger partial charge in [0.1, 0.15) is 11.0 Å². The average molecular weight is 303 g/mol. The molecule has 0 radical (unpaired) electrons. The zero-order valence-corrected chi connectivity index (χ0v) is 12.1. The highest BCUT2D eigenvalue weighted by Gasteiger charge is 2.18. The zero-order chi connectivity index (χ0) is 14.7. The molecule has 6 heteroatoms. The summed E-state index contributed by atoms with van der Waals surface area (Å²) in [7, 11) is 0. The Morgan fingerprint density at radius 3 is 2.76 bits per heavy atom. The Kier molecular flexibility index (Phi) is 4.01. The lowest BCUT2D eigenvalue weighted by molar-refractivity contribution is -0.122. The van der Waals surface area contributed by atoms with Crippen LogP contribution in [-0.2, 0) is 4.79 Å². The molecule has 21 heavy (non-hydrogen) atoms. The van der Waals surface area contributed by atoms with Crippen molar-refractivity contribution >= 4 is 23.3 Å². The van der Waals surface area contributed by atoms with Gasteiger partial charge in [0.05, 0.1) is 0 Å². The molecular formula is C15H15ClN4O. The number of hydrogen-bond acceptors (Lipinski definition) is 4. The molecule has 1 unspecified atom stereocenters. The lowest BCUT2D eigenvalue weighted by Gasteiger charge is -2.24. The summed E-state index contributed by atoms with van der Waals surface area (Å²) in [6, 6.07) is 11.6. The molecule has 0 bridgehead atoms. The molecular weight excluding hydrogens is 288 g/mol. The summed E-state index contributed by atoms with van der Waals surface area (Å²) < 4.78 is 0. The molecule has 1 aromatic carbocycles. The van der Waals surface area contributed by atoms with Crippen LogP contribution in [0.25, 0.3) is 11.4 Å². The highest BCUT2D eigenvalue weighted by molar-refractivity contribution is 6.29. The van der Waals surface area contributed by atoms with Gasteiger partial charge in [0.2, 0.25) is 5.91 Å². The first-order valence-electron chi connectivity index (χ1n) is 6.84. The van der Waals surface area contributed by atoms with Gasteiger partial charge in [-0.15, -0.1) is 0 Å². The molecule has 1 saturated heterocycles. The molecule has 1 aliphatic heterocycles. The monoisotopic (exact) mass is 302 g/mol. The molecule has 1 amide bonds. The second-order valence-corrected chi connectivity index (χ2v) is 5.34. The summed E-state index contributed by atoms with van der Waals surface area (Å²) in [6.07, 6.45) is 1.32. The first-order chi connectivity index (χ1) is 10.2. The highest BCUT2D eigenvalue weighted by atomic mass is 35.5. The maximum absolute atomic E-state index is 11.2. The standard InChI is InChI=1S/C15H15ClN4O/c16-12-8-13(18-11-6-7-14(21)17-9-11)20-15(19-12)10-4-2-1-3-5-10/h1-5,8,11H,6-7,9H2,(H,17,21)(H,18,19,20). The van der Waals surface area contributed by atoms with Crippen LogP contribution in [0, 0.1) is 0 Å². The van der Waals surface area contributed by atoms with E-state index in [0.717, 1.165) is 12.0 Å². The number of piperidine rings is 1. The normalized spacial score (nSPS) is 18.1. The number of aromatic nitrogens is 2. The van der Waals surface area contributed by atoms with E-state index in [0.29, 0.717) is 29.8 Å². The van der Waals surface area contributed by atoms with Crippen LogP contribution in [-0.4, -0.2) is 28.5 Å². The molecule has 1 fully saturated rings. The van der Waals surface area contributed by atoms with Crippen molar-refractivity contribution in [2.75, 3.05) is 11.9 Å². The summed E-state index contributed by atoms with van der Waals surface area (Å²) in [5.74, 6) is 1.36. The van der Waals surface area contributed by atoms with E-state index < -0.39 is 0 Å². The van der Waals surface area contributed by atoms with E-state index >= 15 is 0 Å². The highest BCUT2D eigenvalue weighted by Crippen LogP contribution is 2.21. The van der Waals surface area contributed by atoms with Crippen molar-refractivity contribution in [3.05, 3.63) is 41.6 Å². The van der Waals surface area contributed by atoms with Crippen molar-refractivity contribution in [2.45, 2.75) is 18.9 Å². The predicted molar refractivity (Wildman–Crippen MR) is 82.1 cm³/mol. The van der Waals surface area contributed by atoms with E-state index in [1.807, 2.05) is 30.3 Å².